The standard InChI is InChI=1S/C37H31Cl4F2N3O8/c1-3-29(47)45-27-9-5-7-20(33(27)42)17-52-35-23(38)11-19(12-24(35)39)13-31(49)54-32(50)16-44-37(51)22-14-25(40)36(26(41)15-22)53-18-21-8-6-10-28(34(21)43)46-30(48)4-2/h5-12,14-15H,3-4,13,16-18H2,1-2H3,(H,44,51)(H,45,47)(H,46,48). The normalized spacial score (nSPS) is 10.7. The molecule has 0 radical (unpaired) electrons. The Hall–Kier alpha value is -4.95. The Kier molecular flexibility index (Phi) is 15.0. The highest BCUT2D eigenvalue weighted by Gasteiger charge is 2.20. The van der Waals surface area contributed by atoms with E-state index in [2.05, 4.69) is 16.0 Å². The maximum Gasteiger partial charge on any atom is 0.333 e. The van der Waals surface area contributed by atoms with Gasteiger partial charge in [-0.3, -0.25) is 19.2 Å². The topological polar surface area (TPSA) is 149 Å². The van der Waals surface area contributed by atoms with Gasteiger partial charge in [-0.2, -0.15) is 0 Å². The first-order chi connectivity index (χ1) is 25.7. The number of amides is 3. The average Bonchev–Trinajstić information content (AvgIpc) is 3.12. The zero-order valence-electron chi connectivity index (χ0n) is 28.5. The minimum Gasteiger partial charge on any atom is -0.486 e. The van der Waals surface area contributed by atoms with Crippen LogP contribution in [0.4, 0.5) is 20.2 Å². The Bertz CT molecular complexity index is 2050. The van der Waals surface area contributed by atoms with Crippen molar-refractivity contribution in [2.24, 2.45) is 0 Å². The van der Waals surface area contributed by atoms with Gasteiger partial charge < -0.3 is 30.2 Å². The molecule has 0 aliphatic carbocycles. The highest BCUT2D eigenvalue weighted by Crippen LogP contribution is 2.37. The summed E-state index contributed by atoms with van der Waals surface area (Å²) in [6.45, 7) is 1.98. The molecule has 3 N–H and O–H groups in total. The van der Waals surface area contributed by atoms with Crippen LogP contribution in [0.5, 0.6) is 11.5 Å². The summed E-state index contributed by atoms with van der Waals surface area (Å²) >= 11 is 25.2. The monoisotopic (exact) mass is 823 g/mol. The number of rotatable bonds is 15. The van der Waals surface area contributed by atoms with Crippen LogP contribution in [0.2, 0.25) is 20.1 Å². The second-order valence-electron chi connectivity index (χ2n) is 11.3. The molecule has 0 fully saturated rings. The van der Waals surface area contributed by atoms with Crippen LogP contribution < -0.4 is 25.4 Å². The lowest BCUT2D eigenvalue weighted by Crippen LogP contribution is -2.32. The summed E-state index contributed by atoms with van der Waals surface area (Å²) in [4.78, 5) is 60.9. The summed E-state index contributed by atoms with van der Waals surface area (Å²) in [7, 11) is 0. The van der Waals surface area contributed by atoms with E-state index in [4.69, 9.17) is 60.6 Å². The second-order valence-corrected chi connectivity index (χ2v) is 12.9. The van der Waals surface area contributed by atoms with Crippen LogP contribution in [-0.2, 0) is 43.5 Å². The molecule has 0 bridgehead atoms. The Labute approximate surface area is 328 Å². The van der Waals surface area contributed by atoms with Crippen molar-refractivity contribution in [3.05, 3.63) is 115 Å². The molecule has 0 spiro atoms. The largest absolute Gasteiger partial charge is 0.486 e. The summed E-state index contributed by atoms with van der Waals surface area (Å²) in [6, 6.07) is 13.9. The molecule has 54 heavy (non-hydrogen) atoms. The van der Waals surface area contributed by atoms with E-state index in [0.717, 1.165) is 0 Å². The molecular formula is C37H31Cl4F2N3O8. The van der Waals surface area contributed by atoms with Crippen LogP contribution in [0.1, 0.15) is 53.7 Å². The molecule has 4 aromatic rings. The van der Waals surface area contributed by atoms with Crippen molar-refractivity contribution in [3.63, 3.8) is 0 Å². The fourth-order valence-corrected chi connectivity index (χ4v) is 5.89. The number of nitrogens with one attached hydrogen (secondary N) is 3. The number of halogens is 6. The molecule has 3 amide bonds. The third kappa shape index (κ3) is 11.3. The van der Waals surface area contributed by atoms with E-state index in [1.165, 1.54) is 54.6 Å². The molecule has 0 atom stereocenters. The second kappa shape index (κ2) is 19.4. The van der Waals surface area contributed by atoms with E-state index in [1.54, 1.807) is 19.9 Å². The number of ether oxygens (including phenoxy) is 3. The number of anilines is 2. The van der Waals surface area contributed by atoms with Gasteiger partial charge in [-0.15, -0.1) is 0 Å². The van der Waals surface area contributed by atoms with Crippen molar-refractivity contribution in [2.75, 3.05) is 17.2 Å². The average molecular weight is 825 g/mol. The zero-order chi connectivity index (χ0) is 39.5. The van der Waals surface area contributed by atoms with Crippen molar-refractivity contribution < 1.29 is 47.0 Å². The molecule has 0 aliphatic heterocycles. The SMILES string of the molecule is CCC(=O)Nc1cccc(COc2c(Cl)cc(CC(=O)OC(=O)CNC(=O)c3cc(Cl)c(OCc4cccc(NC(=O)CC)c4F)c(Cl)c3)cc2Cl)c1F. The minimum atomic E-state index is -1.08. The van der Waals surface area contributed by atoms with Crippen LogP contribution in [0, 0.1) is 11.6 Å². The first-order valence-electron chi connectivity index (χ1n) is 16.1. The Balaban J connectivity index is 1.28. The van der Waals surface area contributed by atoms with Crippen molar-refractivity contribution in [1.82, 2.24) is 5.32 Å². The Morgan fingerprint density at radius 3 is 1.54 bits per heavy atom. The highest BCUT2D eigenvalue weighted by molar-refractivity contribution is 6.38. The van der Waals surface area contributed by atoms with Crippen LogP contribution >= 0.6 is 46.4 Å². The van der Waals surface area contributed by atoms with Gasteiger partial charge >= 0.3 is 11.9 Å². The van der Waals surface area contributed by atoms with Gasteiger partial charge in [0.25, 0.3) is 5.91 Å². The van der Waals surface area contributed by atoms with Gasteiger partial charge in [-0.25, -0.2) is 13.6 Å². The summed E-state index contributed by atoms with van der Waals surface area (Å²) in [5.41, 5.74) is 0.412. The summed E-state index contributed by atoms with van der Waals surface area (Å²) in [5.74, 6) is -4.99. The number of esters is 2. The van der Waals surface area contributed by atoms with Crippen molar-refractivity contribution in [3.8, 4) is 11.5 Å². The number of hydrogen-bond acceptors (Lipinski definition) is 8. The van der Waals surface area contributed by atoms with E-state index in [0.29, 0.717) is 0 Å². The van der Waals surface area contributed by atoms with Crippen molar-refractivity contribution in [1.29, 1.82) is 0 Å². The molecule has 0 unspecified atom stereocenters. The predicted octanol–water partition coefficient (Wildman–Crippen LogP) is 8.48. The van der Waals surface area contributed by atoms with E-state index >= 15 is 0 Å². The van der Waals surface area contributed by atoms with Crippen molar-refractivity contribution >= 4 is 87.4 Å². The number of hydrogen-bond donors (Lipinski definition) is 3. The van der Waals surface area contributed by atoms with Gasteiger partial charge in [0.1, 0.15) is 19.8 Å². The minimum absolute atomic E-state index is 0.00718. The van der Waals surface area contributed by atoms with Gasteiger partial charge in [-0.05, 0) is 42.0 Å². The first-order valence-corrected chi connectivity index (χ1v) is 17.6. The third-order valence-electron chi connectivity index (χ3n) is 7.38. The summed E-state index contributed by atoms with van der Waals surface area (Å²) in [5, 5.41) is 7.02. The Morgan fingerprint density at radius 2 is 1.09 bits per heavy atom. The molecular weight excluding hydrogens is 794 g/mol. The molecule has 11 nitrogen and oxygen atoms in total. The molecule has 0 saturated carbocycles. The smallest absolute Gasteiger partial charge is 0.333 e. The van der Waals surface area contributed by atoms with E-state index < -0.39 is 42.4 Å². The lowest BCUT2D eigenvalue weighted by Gasteiger charge is -2.14. The molecule has 17 heteroatoms. The van der Waals surface area contributed by atoms with Crippen molar-refractivity contribution in [2.45, 2.75) is 46.3 Å². The molecule has 284 valence electrons. The summed E-state index contributed by atoms with van der Waals surface area (Å²) in [6.07, 6.45) is -0.0968. The molecule has 0 heterocycles. The van der Waals surface area contributed by atoms with Gasteiger partial charge in [0.15, 0.2) is 23.1 Å². The molecule has 0 aromatic heterocycles. The molecule has 0 aliphatic rings. The highest BCUT2D eigenvalue weighted by atomic mass is 35.5. The molecule has 4 rings (SSSR count). The van der Waals surface area contributed by atoms with E-state index in [1.807, 2.05) is 0 Å². The summed E-state index contributed by atoms with van der Waals surface area (Å²) < 4.78 is 45.7. The fraction of sp³-hybridized carbons (Fsp3) is 0.216. The van der Waals surface area contributed by atoms with Crippen LogP contribution in [-0.4, -0.2) is 36.2 Å². The van der Waals surface area contributed by atoms with Crippen LogP contribution in [0.15, 0.2) is 60.7 Å². The quantitative estimate of drug-likeness (QED) is 0.0799. The maximum absolute atomic E-state index is 14.9. The predicted molar refractivity (Wildman–Crippen MR) is 199 cm³/mol. The first kappa shape index (κ1) is 41.8. The number of carbonyl (C=O) groups is 5. The zero-order valence-corrected chi connectivity index (χ0v) is 31.6. The number of carbonyl (C=O) groups excluding carboxylic acids is 5. The van der Waals surface area contributed by atoms with Gasteiger partial charge in [-0.1, -0.05) is 84.5 Å². The number of benzene rings is 4. The third-order valence-corrected chi connectivity index (χ3v) is 8.50. The van der Waals surface area contributed by atoms with Crippen LogP contribution in [0.3, 0.4) is 0 Å². The van der Waals surface area contributed by atoms with Gasteiger partial charge in [0.05, 0.1) is 37.9 Å². The lowest BCUT2D eigenvalue weighted by atomic mass is 10.1. The Morgan fingerprint density at radius 1 is 0.648 bits per heavy atom. The van der Waals surface area contributed by atoms with Gasteiger partial charge in [0.2, 0.25) is 11.8 Å². The lowest BCUT2D eigenvalue weighted by molar-refractivity contribution is -0.158. The fourth-order valence-electron chi connectivity index (χ4n) is 4.65. The van der Waals surface area contributed by atoms with Crippen LogP contribution in [0.25, 0.3) is 0 Å². The van der Waals surface area contributed by atoms with Gasteiger partial charge in [0, 0.05) is 29.5 Å². The molecule has 0 saturated heterocycles. The molecule has 4 aromatic carbocycles. The maximum atomic E-state index is 14.9. The van der Waals surface area contributed by atoms with E-state index in [-0.39, 0.29) is 103 Å². The van der Waals surface area contributed by atoms with E-state index in [9.17, 15) is 32.8 Å².